The molecule has 0 bridgehead atoms. The molecule has 5 rings (SSSR count). The number of aryl methyl sites for hydroxylation is 1. The topological polar surface area (TPSA) is 115 Å². The Bertz CT molecular complexity index is 1550. The molecule has 176 valence electrons. The summed E-state index contributed by atoms with van der Waals surface area (Å²) in [7, 11) is 0. The molecule has 1 amide bonds. The highest BCUT2D eigenvalue weighted by Gasteiger charge is 2.45. The first-order chi connectivity index (χ1) is 17.4. The van der Waals surface area contributed by atoms with Crippen LogP contribution in [0, 0.1) is 18.3 Å². The fourth-order valence-electron chi connectivity index (χ4n) is 4.21. The van der Waals surface area contributed by atoms with E-state index in [0.29, 0.717) is 32.4 Å². The van der Waals surface area contributed by atoms with Gasteiger partial charge in [0.1, 0.15) is 10.8 Å². The van der Waals surface area contributed by atoms with Gasteiger partial charge in [0.25, 0.3) is 5.91 Å². The summed E-state index contributed by atoms with van der Waals surface area (Å²) in [6.45, 7) is 1.72. The van der Waals surface area contributed by atoms with Crippen LogP contribution in [0.3, 0.4) is 0 Å². The van der Waals surface area contributed by atoms with Crippen molar-refractivity contribution in [1.82, 2.24) is 4.98 Å². The molecular formula is C28H19N3O4S. The van der Waals surface area contributed by atoms with Crippen LogP contribution in [-0.2, 0) is 4.79 Å². The Balaban J connectivity index is 1.62. The number of ketones is 1. The summed E-state index contributed by atoms with van der Waals surface area (Å²) in [6, 6.07) is 23.0. The number of carbonyl (C=O) groups is 2. The molecule has 8 heteroatoms. The van der Waals surface area contributed by atoms with E-state index in [1.54, 1.807) is 43.3 Å². The van der Waals surface area contributed by atoms with E-state index < -0.39 is 23.5 Å². The first-order valence-electron chi connectivity index (χ1n) is 11.0. The monoisotopic (exact) mass is 493 g/mol. The molecule has 0 radical (unpaired) electrons. The van der Waals surface area contributed by atoms with E-state index in [4.69, 9.17) is 5.26 Å². The number of aliphatic hydroxyl groups is 1. The van der Waals surface area contributed by atoms with Crippen LogP contribution in [0.4, 0.5) is 5.69 Å². The molecule has 2 N–H and O–H groups in total. The lowest BCUT2D eigenvalue weighted by molar-refractivity contribution is -0.117. The first-order valence-corrected chi connectivity index (χ1v) is 11.8. The summed E-state index contributed by atoms with van der Waals surface area (Å²) in [5.41, 5.74) is 2.65. The second-order valence-corrected chi connectivity index (χ2v) is 9.22. The molecule has 0 saturated carbocycles. The maximum atomic E-state index is 13.9. The smallest absolute Gasteiger partial charge is 0.294 e. The minimum atomic E-state index is -0.944. The Morgan fingerprint density at radius 2 is 1.67 bits per heavy atom. The Kier molecular flexibility index (Phi) is 5.84. The molecule has 0 aliphatic carbocycles. The van der Waals surface area contributed by atoms with Gasteiger partial charge in [-0.05, 0) is 48.9 Å². The fourth-order valence-corrected chi connectivity index (χ4v) is 5.23. The molecule has 0 fully saturated rings. The van der Waals surface area contributed by atoms with Crippen molar-refractivity contribution >= 4 is 28.7 Å². The van der Waals surface area contributed by atoms with Gasteiger partial charge >= 0.3 is 0 Å². The summed E-state index contributed by atoms with van der Waals surface area (Å²) in [6.07, 6.45) is 0. The van der Waals surface area contributed by atoms with Crippen molar-refractivity contribution < 1.29 is 19.8 Å². The second-order valence-electron chi connectivity index (χ2n) is 8.22. The quantitative estimate of drug-likeness (QED) is 0.356. The molecule has 1 aliphatic heterocycles. The van der Waals surface area contributed by atoms with Gasteiger partial charge in [0.15, 0.2) is 5.76 Å². The number of nitriles is 1. The predicted molar refractivity (Wildman–Crippen MR) is 136 cm³/mol. The van der Waals surface area contributed by atoms with Crippen molar-refractivity contribution in [2.75, 3.05) is 4.90 Å². The third-order valence-corrected chi connectivity index (χ3v) is 7.16. The number of hydrogen-bond acceptors (Lipinski definition) is 7. The van der Waals surface area contributed by atoms with Gasteiger partial charge in [-0.25, -0.2) is 4.98 Å². The third kappa shape index (κ3) is 3.91. The Morgan fingerprint density at radius 3 is 2.31 bits per heavy atom. The van der Waals surface area contributed by atoms with Gasteiger partial charge in [-0.1, -0.05) is 42.5 Å². The zero-order valence-electron chi connectivity index (χ0n) is 19.0. The van der Waals surface area contributed by atoms with Crippen LogP contribution in [0.15, 0.2) is 90.2 Å². The van der Waals surface area contributed by atoms with Gasteiger partial charge in [-0.15, -0.1) is 11.3 Å². The summed E-state index contributed by atoms with van der Waals surface area (Å²) in [4.78, 5) is 33.4. The van der Waals surface area contributed by atoms with E-state index in [0.717, 1.165) is 5.56 Å². The average molecular weight is 494 g/mol. The normalized spacial score (nSPS) is 15.3. The van der Waals surface area contributed by atoms with Crippen LogP contribution in [0.25, 0.3) is 10.6 Å². The van der Waals surface area contributed by atoms with Crippen molar-refractivity contribution in [3.63, 3.8) is 0 Å². The zero-order chi connectivity index (χ0) is 25.4. The van der Waals surface area contributed by atoms with Crippen LogP contribution in [-0.4, -0.2) is 26.9 Å². The molecule has 0 saturated heterocycles. The van der Waals surface area contributed by atoms with Crippen LogP contribution in [0.5, 0.6) is 5.75 Å². The molecule has 1 atom stereocenters. The number of rotatable bonds is 5. The highest BCUT2D eigenvalue weighted by Crippen LogP contribution is 2.43. The van der Waals surface area contributed by atoms with Crippen molar-refractivity contribution in [2.45, 2.75) is 13.0 Å². The molecule has 3 aromatic carbocycles. The maximum Gasteiger partial charge on any atom is 0.294 e. The lowest BCUT2D eigenvalue weighted by Gasteiger charge is -2.27. The van der Waals surface area contributed by atoms with Crippen molar-refractivity contribution in [2.24, 2.45) is 0 Å². The number of aliphatic hydroxyl groups excluding tert-OH is 1. The van der Waals surface area contributed by atoms with E-state index in [1.165, 1.54) is 28.4 Å². The SMILES string of the molecule is Cc1nc(-c2ccccc2)sc1C(=O)C1=C(O)C(=O)N(c2ccc(C#N)cc2)C1c1ccc(O)cc1. The summed E-state index contributed by atoms with van der Waals surface area (Å²) < 4.78 is 0. The number of aromatic nitrogens is 1. The Morgan fingerprint density at radius 1 is 1.00 bits per heavy atom. The second kappa shape index (κ2) is 9.13. The molecule has 1 unspecified atom stereocenters. The minimum absolute atomic E-state index is 0.0277. The zero-order valence-corrected chi connectivity index (χ0v) is 19.9. The summed E-state index contributed by atoms with van der Waals surface area (Å²) in [5, 5.41) is 30.6. The minimum Gasteiger partial charge on any atom is -0.508 e. The van der Waals surface area contributed by atoms with E-state index in [9.17, 15) is 19.8 Å². The number of nitrogens with zero attached hydrogens (tertiary/aromatic N) is 3. The molecule has 2 heterocycles. The van der Waals surface area contributed by atoms with Crippen molar-refractivity contribution in [3.05, 3.63) is 112 Å². The Hall–Kier alpha value is -4.74. The number of thiazole rings is 1. The van der Waals surface area contributed by atoms with E-state index >= 15 is 0 Å². The standard InChI is InChI=1S/C28H19N3O4S/c1-16-26(36-27(30-16)19-5-3-2-4-6-19)24(33)22-23(18-9-13-21(32)14-10-18)31(28(35)25(22)34)20-11-7-17(15-29)8-12-20/h2-14,23,32,34H,1H3. The lowest BCUT2D eigenvalue weighted by atomic mass is 9.94. The van der Waals surface area contributed by atoms with Gasteiger partial charge in [0.2, 0.25) is 5.78 Å². The average Bonchev–Trinajstić information content (AvgIpc) is 3.42. The van der Waals surface area contributed by atoms with Crippen LogP contribution in [0.1, 0.15) is 32.5 Å². The fraction of sp³-hybridized carbons (Fsp3) is 0.0714. The summed E-state index contributed by atoms with van der Waals surface area (Å²) >= 11 is 1.20. The van der Waals surface area contributed by atoms with Gasteiger partial charge in [0, 0.05) is 11.3 Å². The van der Waals surface area contributed by atoms with E-state index in [2.05, 4.69) is 4.98 Å². The van der Waals surface area contributed by atoms with E-state index in [-0.39, 0.29) is 11.3 Å². The van der Waals surface area contributed by atoms with Crippen LogP contribution in [0.2, 0.25) is 0 Å². The highest BCUT2D eigenvalue weighted by molar-refractivity contribution is 7.17. The van der Waals surface area contributed by atoms with Gasteiger partial charge in [-0.3, -0.25) is 14.5 Å². The number of hydrogen-bond donors (Lipinski definition) is 2. The number of benzene rings is 3. The maximum absolute atomic E-state index is 13.9. The summed E-state index contributed by atoms with van der Waals surface area (Å²) in [5.74, 6) is -1.84. The highest BCUT2D eigenvalue weighted by atomic mass is 32.1. The van der Waals surface area contributed by atoms with Crippen LogP contribution < -0.4 is 4.90 Å². The number of anilines is 1. The first kappa shape index (κ1) is 23.0. The number of amides is 1. The molecule has 36 heavy (non-hydrogen) atoms. The molecule has 0 spiro atoms. The molecule has 7 nitrogen and oxygen atoms in total. The molecular weight excluding hydrogens is 474 g/mol. The molecule has 4 aromatic rings. The predicted octanol–water partition coefficient (Wildman–Crippen LogP) is 5.48. The largest absolute Gasteiger partial charge is 0.508 e. The van der Waals surface area contributed by atoms with Gasteiger partial charge in [0.05, 0.1) is 33.8 Å². The number of Topliss-reactive ketones (excluding diaryl/α,β-unsaturated/α-hetero) is 1. The van der Waals surface area contributed by atoms with Crippen molar-refractivity contribution in [3.8, 4) is 22.4 Å². The molecule has 1 aromatic heterocycles. The lowest BCUT2D eigenvalue weighted by Crippen LogP contribution is -2.31. The van der Waals surface area contributed by atoms with Gasteiger partial charge < -0.3 is 10.2 Å². The number of aromatic hydroxyl groups is 1. The number of carbonyl (C=O) groups excluding carboxylic acids is 2. The Labute approximate surface area is 210 Å². The van der Waals surface area contributed by atoms with Crippen LogP contribution >= 0.6 is 11.3 Å². The number of phenolic OH excluding ortho intramolecular Hbond substituents is 1. The van der Waals surface area contributed by atoms with E-state index in [1.807, 2.05) is 36.4 Å². The third-order valence-electron chi connectivity index (χ3n) is 5.96. The molecule has 1 aliphatic rings. The van der Waals surface area contributed by atoms with Gasteiger partial charge in [-0.2, -0.15) is 5.26 Å². The number of phenols is 1. The van der Waals surface area contributed by atoms with Crippen molar-refractivity contribution in [1.29, 1.82) is 5.26 Å².